The average Bonchev–Trinajstić information content (AvgIpc) is 3.77. The molecule has 15 heteroatoms. The zero-order valence-electron chi connectivity index (χ0n) is 23.0. The van der Waals surface area contributed by atoms with Crippen LogP contribution in [-0.2, 0) is 29.1 Å². The van der Waals surface area contributed by atoms with Gasteiger partial charge in [0.1, 0.15) is 6.04 Å². The second kappa shape index (κ2) is 14.3. The highest BCUT2D eigenvalue weighted by molar-refractivity contribution is 7.89. The van der Waals surface area contributed by atoms with Crippen molar-refractivity contribution in [1.29, 1.82) is 5.41 Å². The number of esters is 1. The minimum atomic E-state index is -4.55. The lowest BCUT2D eigenvalue weighted by atomic mass is 9.98. The SMILES string of the molecule is CCOC(=O)CCN(C(=O)[C@H](CC(=O)NC[C@@H]1CCCN(C(=N)N)C1)NS(=O)(=O)c1ccccc1C(=O)O)C1CC1. The number of likely N-dealkylation sites (tertiary alicyclic amines) is 1. The van der Waals surface area contributed by atoms with Crippen LogP contribution in [0.5, 0.6) is 0 Å². The topological polar surface area (TPSA) is 212 Å². The highest BCUT2D eigenvalue weighted by atomic mass is 32.2. The van der Waals surface area contributed by atoms with Gasteiger partial charge in [-0.3, -0.25) is 19.8 Å². The molecule has 0 unspecified atom stereocenters. The number of carboxylic acid groups (broad SMARTS) is 1. The molecule has 0 radical (unpaired) electrons. The number of benzene rings is 1. The number of guanidine groups is 1. The minimum Gasteiger partial charge on any atom is -0.478 e. The van der Waals surface area contributed by atoms with Crippen LogP contribution in [0.2, 0.25) is 0 Å². The van der Waals surface area contributed by atoms with Crippen molar-refractivity contribution in [3.63, 3.8) is 0 Å². The molecule has 3 rings (SSSR count). The van der Waals surface area contributed by atoms with E-state index in [0.29, 0.717) is 25.9 Å². The van der Waals surface area contributed by atoms with Gasteiger partial charge < -0.3 is 30.7 Å². The molecule has 1 aromatic carbocycles. The van der Waals surface area contributed by atoms with Gasteiger partial charge in [-0.1, -0.05) is 12.1 Å². The van der Waals surface area contributed by atoms with Crippen LogP contribution in [0.3, 0.4) is 0 Å². The Morgan fingerprint density at radius 2 is 1.93 bits per heavy atom. The van der Waals surface area contributed by atoms with Crippen LogP contribution in [-0.4, -0.2) is 97.9 Å². The van der Waals surface area contributed by atoms with Crippen LogP contribution in [0.1, 0.15) is 55.8 Å². The van der Waals surface area contributed by atoms with Crippen LogP contribution >= 0.6 is 0 Å². The van der Waals surface area contributed by atoms with Crippen LogP contribution in [0.25, 0.3) is 0 Å². The number of hydrogen-bond acceptors (Lipinski definition) is 8. The molecule has 2 amide bonds. The summed E-state index contributed by atoms with van der Waals surface area (Å²) in [6.07, 6.45) is 2.28. The molecule has 1 aliphatic heterocycles. The van der Waals surface area contributed by atoms with Crippen LogP contribution in [0.4, 0.5) is 0 Å². The zero-order chi connectivity index (χ0) is 30.2. The number of piperidine rings is 1. The second-order valence-electron chi connectivity index (χ2n) is 10.1. The van der Waals surface area contributed by atoms with Gasteiger partial charge in [-0.15, -0.1) is 0 Å². The number of nitrogens with one attached hydrogen (secondary N) is 3. The summed E-state index contributed by atoms with van der Waals surface area (Å²) in [5.41, 5.74) is 5.11. The van der Waals surface area contributed by atoms with E-state index in [2.05, 4.69) is 10.0 Å². The number of carboxylic acids is 1. The average molecular weight is 595 g/mol. The summed E-state index contributed by atoms with van der Waals surface area (Å²) in [5, 5.41) is 19.9. The molecule has 1 saturated carbocycles. The van der Waals surface area contributed by atoms with Gasteiger partial charge in [-0.2, -0.15) is 4.72 Å². The molecule has 1 aliphatic carbocycles. The quantitative estimate of drug-likeness (QED) is 0.111. The molecule has 1 aromatic rings. The van der Waals surface area contributed by atoms with Gasteiger partial charge in [-0.25, -0.2) is 13.2 Å². The Hall–Kier alpha value is -3.72. The first kappa shape index (κ1) is 31.8. The van der Waals surface area contributed by atoms with Crippen molar-refractivity contribution in [3.05, 3.63) is 29.8 Å². The summed E-state index contributed by atoms with van der Waals surface area (Å²) >= 11 is 0. The molecule has 1 saturated heterocycles. The van der Waals surface area contributed by atoms with Gasteiger partial charge in [0, 0.05) is 32.2 Å². The first-order valence-electron chi connectivity index (χ1n) is 13.6. The molecule has 1 heterocycles. The minimum absolute atomic E-state index is 0.0115. The van der Waals surface area contributed by atoms with E-state index in [9.17, 15) is 32.7 Å². The first-order chi connectivity index (χ1) is 19.4. The molecule has 14 nitrogen and oxygen atoms in total. The Morgan fingerprint density at radius 1 is 1.22 bits per heavy atom. The molecular formula is C26H38N6O8S. The third-order valence-corrected chi connectivity index (χ3v) is 8.50. The van der Waals surface area contributed by atoms with E-state index in [0.717, 1.165) is 25.0 Å². The third-order valence-electron chi connectivity index (χ3n) is 6.97. The predicted molar refractivity (Wildman–Crippen MR) is 147 cm³/mol. The van der Waals surface area contributed by atoms with Gasteiger partial charge in [0.05, 0.1) is 29.9 Å². The van der Waals surface area contributed by atoms with Gasteiger partial charge >= 0.3 is 11.9 Å². The van der Waals surface area contributed by atoms with Crippen molar-refractivity contribution in [2.24, 2.45) is 11.7 Å². The van der Waals surface area contributed by atoms with E-state index in [1.807, 2.05) is 0 Å². The molecule has 0 bridgehead atoms. The number of sulfonamides is 1. The lowest BCUT2D eigenvalue weighted by Crippen LogP contribution is -2.52. The molecule has 6 N–H and O–H groups in total. The van der Waals surface area contributed by atoms with Crippen molar-refractivity contribution >= 4 is 39.7 Å². The third kappa shape index (κ3) is 9.14. The Labute approximate surface area is 239 Å². The number of ether oxygens (including phenoxy) is 1. The van der Waals surface area contributed by atoms with Crippen molar-refractivity contribution in [2.45, 2.75) is 62.4 Å². The molecule has 41 heavy (non-hydrogen) atoms. The molecule has 226 valence electrons. The monoisotopic (exact) mass is 594 g/mol. The highest BCUT2D eigenvalue weighted by Gasteiger charge is 2.39. The fraction of sp³-hybridized carbons (Fsp3) is 0.577. The van der Waals surface area contributed by atoms with Crippen LogP contribution in [0, 0.1) is 11.3 Å². The summed E-state index contributed by atoms with van der Waals surface area (Å²) in [7, 11) is -4.55. The maximum atomic E-state index is 13.7. The van der Waals surface area contributed by atoms with Gasteiger partial charge in [0.2, 0.25) is 21.8 Å². The molecule has 2 aliphatic rings. The summed E-state index contributed by atoms with van der Waals surface area (Å²) in [6, 6.07) is 3.21. The fourth-order valence-electron chi connectivity index (χ4n) is 4.78. The summed E-state index contributed by atoms with van der Waals surface area (Å²) in [4.78, 5) is 52.9. The number of carbonyl (C=O) groups is 4. The highest BCUT2D eigenvalue weighted by Crippen LogP contribution is 2.28. The predicted octanol–water partition coefficient (Wildman–Crippen LogP) is 0.0877. The van der Waals surface area contributed by atoms with Crippen molar-refractivity contribution in [3.8, 4) is 0 Å². The smallest absolute Gasteiger partial charge is 0.337 e. The van der Waals surface area contributed by atoms with E-state index >= 15 is 0 Å². The lowest BCUT2D eigenvalue weighted by molar-refractivity contribution is -0.144. The van der Waals surface area contributed by atoms with Gasteiger partial charge in [0.25, 0.3) is 0 Å². The van der Waals surface area contributed by atoms with Crippen LogP contribution < -0.4 is 15.8 Å². The number of rotatable bonds is 14. The van der Waals surface area contributed by atoms with E-state index in [4.69, 9.17) is 15.9 Å². The molecule has 2 atom stereocenters. The first-order valence-corrected chi connectivity index (χ1v) is 15.1. The number of nitrogens with two attached hydrogens (primary N) is 1. The van der Waals surface area contributed by atoms with E-state index in [1.165, 1.54) is 17.0 Å². The number of hydrogen-bond donors (Lipinski definition) is 5. The molecule has 0 aromatic heterocycles. The van der Waals surface area contributed by atoms with Crippen molar-refractivity contribution < 1.29 is 37.4 Å². The largest absolute Gasteiger partial charge is 0.478 e. The zero-order valence-corrected chi connectivity index (χ0v) is 23.8. The van der Waals surface area contributed by atoms with E-state index in [-0.39, 0.29) is 44.0 Å². The van der Waals surface area contributed by atoms with E-state index in [1.54, 1.807) is 11.8 Å². The van der Waals surface area contributed by atoms with Crippen molar-refractivity contribution in [2.75, 3.05) is 32.8 Å². The maximum absolute atomic E-state index is 13.7. The lowest BCUT2D eigenvalue weighted by Gasteiger charge is -2.33. The Balaban J connectivity index is 1.79. The maximum Gasteiger partial charge on any atom is 0.337 e. The number of amides is 2. The second-order valence-corrected chi connectivity index (χ2v) is 11.8. The number of aromatic carboxylic acids is 1. The van der Waals surface area contributed by atoms with Gasteiger partial charge in [0.15, 0.2) is 5.96 Å². The molecule has 0 spiro atoms. The van der Waals surface area contributed by atoms with E-state index < -0.39 is 56.7 Å². The Bertz CT molecular complexity index is 1250. The Morgan fingerprint density at radius 3 is 2.56 bits per heavy atom. The van der Waals surface area contributed by atoms with Crippen LogP contribution in [0.15, 0.2) is 29.2 Å². The Kier molecular flexibility index (Phi) is 11.1. The molecule has 2 fully saturated rings. The normalized spacial score (nSPS) is 17.8. The summed E-state index contributed by atoms with van der Waals surface area (Å²) in [6.45, 7) is 3.20. The number of nitrogens with zero attached hydrogens (tertiary/aromatic N) is 2. The standard InChI is InChI=1S/C26H38N6O8S/c1-2-40-23(34)11-13-32(18-9-10-18)24(35)20(30-41(38,39)21-8-4-3-7-19(21)25(36)37)14-22(33)29-15-17-6-5-12-31(16-17)26(27)28/h3-4,7-8,17-18,20,30H,2,5-6,9-16H2,1H3,(H3,27,28)(H,29,33)(H,36,37)/t17-,20-/m0/s1. The van der Waals surface area contributed by atoms with Crippen molar-refractivity contribution in [1.82, 2.24) is 19.8 Å². The summed E-state index contributed by atoms with van der Waals surface area (Å²) in [5.74, 6) is -3.29. The van der Waals surface area contributed by atoms with Gasteiger partial charge in [-0.05, 0) is 50.7 Å². The number of carbonyl (C=O) groups excluding carboxylic acids is 3. The summed E-state index contributed by atoms with van der Waals surface area (Å²) < 4.78 is 33.9. The fourth-order valence-corrected chi connectivity index (χ4v) is 6.17. The molecular weight excluding hydrogens is 556 g/mol.